The average molecular weight is 230 g/mol. The van der Waals surface area contributed by atoms with E-state index < -0.39 is 0 Å². The van der Waals surface area contributed by atoms with Crippen LogP contribution in [0.2, 0.25) is 5.28 Å². The van der Waals surface area contributed by atoms with E-state index >= 15 is 0 Å². The molecular weight excluding hydrogens is 222 g/mol. The second kappa shape index (κ2) is 3.61. The van der Waals surface area contributed by atoms with E-state index in [-0.39, 0.29) is 5.28 Å². The number of hydrogen-bond donors (Lipinski definition) is 1. The van der Waals surface area contributed by atoms with Gasteiger partial charge in [-0.25, -0.2) is 9.97 Å². The Hall–Kier alpha value is -1.87. The third-order valence-corrected chi connectivity index (χ3v) is 2.61. The Morgan fingerprint density at radius 3 is 2.81 bits per heavy atom. The van der Waals surface area contributed by atoms with Gasteiger partial charge >= 0.3 is 0 Å². The standard InChI is InChI=1S/C12H8ClN3/c13-12-14-6-5-10(16-12)11-7-8-3-1-2-4-9(8)15-11/h1-7,15H. The van der Waals surface area contributed by atoms with E-state index in [1.54, 1.807) is 6.20 Å². The number of H-pyrrole nitrogens is 1. The van der Waals surface area contributed by atoms with E-state index in [9.17, 15) is 0 Å². The van der Waals surface area contributed by atoms with Gasteiger partial charge in [0.25, 0.3) is 0 Å². The molecule has 0 saturated heterocycles. The smallest absolute Gasteiger partial charge is 0.222 e. The lowest BCUT2D eigenvalue weighted by molar-refractivity contribution is 1.16. The van der Waals surface area contributed by atoms with Crippen LogP contribution >= 0.6 is 11.6 Å². The molecule has 3 nitrogen and oxygen atoms in total. The minimum atomic E-state index is 0.260. The van der Waals surface area contributed by atoms with E-state index in [4.69, 9.17) is 11.6 Å². The fourth-order valence-corrected chi connectivity index (χ4v) is 1.84. The molecular formula is C12H8ClN3. The van der Waals surface area contributed by atoms with Crippen LogP contribution in [0.25, 0.3) is 22.3 Å². The van der Waals surface area contributed by atoms with Gasteiger partial charge in [0, 0.05) is 17.1 Å². The lowest BCUT2D eigenvalue weighted by Crippen LogP contribution is -1.85. The predicted octanol–water partition coefficient (Wildman–Crippen LogP) is 3.28. The summed E-state index contributed by atoms with van der Waals surface area (Å²) in [6.45, 7) is 0. The van der Waals surface area contributed by atoms with Crippen LogP contribution in [0.1, 0.15) is 0 Å². The molecule has 4 heteroatoms. The molecule has 0 aliphatic rings. The van der Waals surface area contributed by atoms with Crippen molar-refractivity contribution in [3.63, 3.8) is 0 Å². The first-order valence-electron chi connectivity index (χ1n) is 4.89. The number of nitrogens with zero attached hydrogens (tertiary/aromatic N) is 2. The van der Waals surface area contributed by atoms with E-state index in [1.165, 1.54) is 0 Å². The molecule has 3 rings (SSSR count). The Bertz CT molecular complexity index is 612. The molecule has 0 aliphatic heterocycles. The van der Waals surface area contributed by atoms with Crippen LogP contribution in [-0.4, -0.2) is 15.0 Å². The number of para-hydroxylation sites is 1. The summed E-state index contributed by atoms with van der Waals surface area (Å²) in [6, 6.07) is 12.0. The Morgan fingerprint density at radius 2 is 2.00 bits per heavy atom. The molecule has 0 aliphatic carbocycles. The Morgan fingerprint density at radius 1 is 1.12 bits per heavy atom. The molecule has 0 bridgehead atoms. The lowest BCUT2D eigenvalue weighted by atomic mass is 10.2. The number of benzene rings is 1. The van der Waals surface area contributed by atoms with Crippen LogP contribution < -0.4 is 0 Å². The van der Waals surface area contributed by atoms with Crippen LogP contribution in [0, 0.1) is 0 Å². The van der Waals surface area contributed by atoms with Gasteiger partial charge in [0.2, 0.25) is 5.28 Å². The monoisotopic (exact) mass is 229 g/mol. The molecule has 1 N–H and O–H groups in total. The minimum absolute atomic E-state index is 0.260. The third-order valence-electron chi connectivity index (χ3n) is 2.43. The van der Waals surface area contributed by atoms with Gasteiger partial charge in [-0.3, -0.25) is 0 Å². The van der Waals surface area contributed by atoms with E-state index in [2.05, 4.69) is 21.0 Å². The molecule has 3 aromatic rings. The van der Waals surface area contributed by atoms with Gasteiger partial charge in [0.1, 0.15) is 0 Å². The van der Waals surface area contributed by atoms with Crippen LogP contribution in [-0.2, 0) is 0 Å². The third kappa shape index (κ3) is 1.55. The summed E-state index contributed by atoms with van der Waals surface area (Å²) in [4.78, 5) is 11.3. The number of hydrogen-bond acceptors (Lipinski definition) is 2. The van der Waals surface area contributed by atoms with E-state index in [1.807, 2.05) is 30.3 Å². The molecule has 2 heterocycles. The highest BCUT2D eigenvalue weighted by atomic mass is 35.5. The first-order chi connectivity index (χ1) is 7.83. The summed E-state index contributed by atoms with van der Waals surface area (Å²) < 4.78 is 0. The van der Waals surface area contributed by atoms with Gasteiger partial charge in [-0.1, -0.05) is 18.2 Å². The molecule has 78 valence electrons. The average Bonchev–Trinajstić information content (AvgIpc) is 2.72. The molecule has 0 radical (unpaired) electrons. The van der Waals surface area contributed by atoms with Crippen molar-refractivity contribution in [3.05, 3.63) is 47.9 Å². The highest BCUT2D eigenvalue weighted by Crippen LogP contribution is 2.22. The zero-order valence-corrected chi connectivity index (χ0v) is 9.07. The molecule has 0 atom stereocenters. The van der Waals surface area contributed by atoms with Crippen LogP contribution in [0.3, 0.4) is 0 Å². The second-order valence-electron chi connectivity index (χ2n) is 3.48. The summed E-state index contributed by atoms with van der Waals surface area (Å²) >= 11 is 5.76. The highest BCUT2D eigenvalue weighted by molar-refractivity contribution is 6.28. The normalized spacial score (nSPS) is 10.8. The van der Waals surface area contributed by atoms with Crippen LogP contribution in [0.15, 0.2) is 42.6 Å². The zero-order valence-electron chi connectivity index (χ0n) is 8.31. The Labute approximate surface area is 97.1 Å². The van der Waals surface area contributed by atoms with Gasteiger partial charge in [-0.05, 0) is 29.8 Å². The predicted molar refractivity (Wildman–Crippen MR) is 64.3 cm³/mol. The molecule has 0 spiro atoms. The molecule has 0 fully saturated rings. The SMILES string of the molecule is Clc1nccc(-c2cc3ccccc3[nH]2)n1. The van der Waals surface area contributed by atoms with Gasteiger partial charge in [-0.15, -0.1) is 0 Å². The van der Waals surface area contributed by atoms with E-state index in [0.717, 1.165) is 22.3 Å². The van der Waals surface area contributed by atoms with Crippen molar-refractivity contribution in [2.45, 2.75) is 0 Å². The molecule has 0 saturated carbocycles. The van der Waals surface area contributed by atoms with Gasteiger partial charge < -0.3 is 4.98 Å². The fourth-order valence-electron chi connectivity index (χ4n) is 1.70. The number of halogens is 1. The number of aromatic nitrogens is 3. The molecule has 0 amide bonds. The summed E-state index contributed by atoms with van der Waals surface area (Å²) in [7, 11) is 0. The Kier molecular flexibility index (Phi) is 2.11. The zero-order chi connectivity index (χ0) is 11.0. The molecule has 16 heavy (non-hydrogen) atoms. The van der Waals surface area contributed by atoms with Crippen molar-refractivity contribution >= 4 is 22.5 Å². The van der Waals surface area contributed by atoms with Crippen LogP contribution in [0.5, 0.6) is 0 Å². The van der Waals surface area contributed by atoms with Gasteiger partial charge in [0.15, 0.2) is 0 Å². The Balaban J connectivity index is 2.19. The largest absolute Gasteiger partial charge is 0.353 e. The summed E-state index contributed by atoms with van der Waals surface area (Å²) in [6.07, 6.45) is 1.65. The lowest BCUT2D eigenvalue weighted by Gasteiger charge is -1.95. The number of fused-ring (bicyclic) bond motifs is 1. The maximum atomic E-state index is 5.76. The number of nitrogens with one attached hydrogen (secondary N) is 1. The molecule has 1 aromatic carbocycles. The van der Waals surface area contributed by atoms with Gasteiger partial charge in [0.05, 0.1) is 11.4 Å². The van der Waals surface area contributed by atoms with Crippen LogP contribution in [0.4, 0.5) is 0 Å². The minimum Gasteiger partial charge on any atom is -0.353 e. The molecule has 2 aromatic heterocycles. The fraction of sp³-hybridized carbons (Fsp3) is 0. The highest BCUT2D eigenvalue weighted by Gasteiger charge is 2.04. The second-order valence-corrected chi connectivity index (χ2v) is 3.82. The van der Waals surface area contributed by atoms with Gasteiger partial charge in [-0.2, -0.15) is 0 Å². The summed E-state index contributed by atoms with van der Waals surface area (Å²) in [5.74, 6) is 0. The topological polar surface area (TPSA) is 41.6 Å². The van der Waals surface area contributed by atoms with Crippen molar-refractivity contribution in [1.82, 2.24) is 15.0 Å². The van der Waals surface area contributed by atoms with Crippen molar-refractivity contribution < 1.29 is 0 Å². The number of rotatable bonds is 1. The first-order valence-corrected chi connectivity index (χ1v) is 5.27. The maximum absolute atomic E-state index is 5.76. The van der Waals surface area contributed by atoms with Crippen molar-refractivity contribution in [3.8, 4) is 11.4 Å². The quantitative estimate of drug-likeness (QED) is 0.651. The summed E-state index contributed by atoms with van der Waals surface area (Å²) in [5, 5.41) is 1.42. The first kappa shape index (κ1) is 9.36. The molecule has 0 unspecified atom stereocenters. The van der Waals surface area contributed by atoms with Crippen molar-refractivity contribution in [2.75, 3.05) is 0 Å². The summed E-state index contributed by atoms with van der Waals surface area (Å²) in [5.41, 5.74) is 2.84. The van der Waals surface area contributed by atoms with E-state index in [0.29, 0.717) is 0 Å². The van der Waals surface area contributed by atoms with Crippen molar-refractivity contribution in [1.29, 1.82) is 0 Å². The maximum Gasteiger partial charge on any atom is 0.222 e. The number of aromatic amines is 1. The van der Waals surface area contributed by atoms with Crippen molar-refractivity contribution in [2.24, 2.45) is 0 Å².